The van der Waals surface area contributed by atoms with Gasteiger partial charge in [-0.1, -0.05) is 41.5 Å². The lowest BCUT2D eigenvalue weighted by molar-refractivity contribution is -0.132. The van der Waals surface area contributed by atoms with Crippen LogP contribution in [0.2, 0.25) is 0 Å². The van der Waals surface area contributed by atoms with E-state index in [0.717, 1.165) is 26.1 Å². The molecule has 0 atom stereocenters. The van der Waals surface area contributed by atoms with Crippen LogP contribution in [-0.2, 0) is 4.79 Å². The van der Waals surface area contributed by atoms with Crippen molar-refractivity contribution in [2.45, 2.75) is 60.4 Å². The number of carbonyl (C=O) groups is 1. The molecule has 0 radical (unpaired) electrons. The topological polar surface area (TPSA) is 32.3 Å². The lowest BCUT2D eigenvalue weighted by atomic mass is 10.1. The molecule has 0 spiro atoms. The van der Waals surface area contributed by atoms with Crippen molar-refractivity contribution in [1.29, 1.82) is 0 Å². The van der Waals surface area contributed by atoms with E-state index in [1.807, 2.05) is 4.90 Å². The quantitative estimate of drug-likeness (QED) is 0.643. The maximum Gasteiger partial charge on any atom is 0.222 e. The van der Waals surface area contributed by atoms with Gasteiger partial charge in [-0.25, -0.2) is 0 Å². The van der Waals surface area contributed by atoms with E-state index in [1.165, 1.54) is 0 Å². The molecule has 0 bridgehead atoms. The predicted molar refractivity (Wildman–Crippen MR) is 78.6 cm³/mol. The van der Waals surface area contributed by atoms with Gasteiger partial charge in [-0.3, -0.25) is 4.79 Å². The van der Waals surface area contributed by atoms with E-state index in [4.69, 9.17) is 0 Å². The van der Waals surface area contributed by atoms with Crippen molar-refractivity contribution in [3.05, 3.63) is 0 Å². The van der Waals surface area contributed by atoms with Crippen molar-refractivity contribution in [3.63, 3.8) is 0 Å². The molecule has 0 aromatic carbocycles. The predicted octanol–water partition coefficient (Wildman–Crippen LogP) is 2.91. The summed E-state index contributed by atoms with van der Waals surface area (Å²) in [6, 6.07) is 0.502. The zero-order chi connectivity index (χ0) is 14.1. The smallest absolute Gasteiger partial charge is 0.222 e. The van der Waals surface area contributed by atoms with Crippen LogP contribution in [0.4, 0.5) is 0 Å². The van der Waals surface area contributed by atoms with Crippen molar-refractivity contribution >= 4 is 5.91 Å². The molecule has 0 unspecified atom stereocenters. The molecule has 0 rings (SSSR count). The minimum atomic E-state index is 0.308. The molecule has 108 valence electrons. The van der Waals surface area contributed by atoms with Gasteiger partial charge in [-0.05, 0) is 24.8 Å². The van der Waals surface area contributed by atoms with Crippen molar-refractivity contribution in [1.82, 2.24) is 10.2 Å². The summed E-state index contributed by atoms with van der Waals surface area (Å²) < 4.78 is 0. The highest BCUT2D eigenvalue weighted by molar-refractivity contribution is 5.76. The van der Waals surface area contributed by atoms with Gasteiger partial charge in [-0.2, -0.15) is 0 Å². The van der Waals surface area contributed by atoms with Crippen LogP contribution in [0.5, 0.6) is 0 Å². The molecular formula is C15H32N2O. The molecular weight excluding hydrogens is 224 g/mol. The Hall–Kier alpha value is -0.570. The van der Waals surface area contributed by atoms with Gasteiger partial charge in [0.2, 0.25) is 5.91 Å². The van der Waals surface area contributed by atoms with E-state index < -0.39 is 0 Å². The first-order valence-electron chi connectivity index (χ1n) is 7.34. The minimum absolute atomic E-state index is 0.308. The average Bonchev–Trinajstić information content (AvgIpc) is 2.21. The van der Waals surface area contributed by atoms with Gasteiger partial charge in [0.05, 0.1) is 0 Å². The Kier molecular flexibility index (Phi) is 9.08. The van der Waals surface area contributed by atoms with Crippen molar-refractivity contribution in [2.24, 2.45) is 11.8 Å². The lowest BCUT2D eigenvalue weighted by Crippen LogP contribution is -2.37. The molecule has 0 aliphatic carbocycles. The van der Waals surface area contributed by atoms with Gasteiger partial charge >= 0.3 is 0 Å². The largest absolute Gasteiger partial charge is 0.342 e. The van der Waals surface area contributed by atoms with Gasteiger partial charge in [0.15, 0.2) is 0 Å². The summed E-state index contributed by atoms with van der Waals surface area (Å²) in [4.78, 5) is 14.2. The summed E-state index contributed by atoms with van der Waals surface area (Å²) in [5, 5.41) is 3.35. The van der Waals surface area contributed by atoms with Gasteiger partial charge in [0, 0.05) is 25.6 Å². The van der Waals surface area contributed by atoms with E-state index in [1.54, 1.807) is 0 Å². The lowest BCUT2D eigenvalue weighted by Gasteiger charge is -2.26. The van der Waals surface area contributed by atoms with Crippen LogP contribution >= 0.6 is 0 Å². The summed E-state index contributed by atoms with van der Waals surface area (Å²) >= 11 is 0. The second kappa shape index (κ2) is 9.37. The number of nitrogens with zero attached hydrogens (tertiary/aromatic N) is 1. The number of hydrogen-bond acceptors (Lipinski definition) is 2. The number of carbonyl (C=O) groups excluding carboxylic acids is 1. The third-order valence-corrected chi connectivity index (χ3v) is 2.64. The Morgan fingerprint density at radius 2 is 1.50 bits per heavy atom. The van der Waals surface area contributed by atoms with Crippen molar-refractivity contribution < 1.29 is 4.79 Å². The first-order chi connectivity index (χ1) is 8.32. The zero-order valence-electron chi connectivity index (χ0n) is 13.1. The maximum atomic E-state index is 12.2. The first kappa shape index (κ1) is 17.4. The van der Waals surface area contributed by atoms with E-state index in [2.05, 4.69) is 46.9 Å². The Labute approximate surface area is 113 Å². The fraction of sp³-hybridized carbons (Fsp3) is 0.933. The molecule has 0 heterocycles. The van der Waals surface area contributed by atoms with Crippen LogP contribution in [0.3, 0.4) is 0 Å². The molecule has 1 amide bonds. The van der Waals surface area contributed by atoms with Crippen LogP contribution in [0.1, 0.15) is 54.4 Å². The highest BCUT2D eigenvalue weighted by atomic mass is 16.2. The van der Waals surface area contributed by atoms with Crippen molar-refractivity contribution in [3.8, 4) is 0 Å². The van der Waals surface area contributed by atoms with Crippen LogP contribution in [-0.4, -0.2) is 36.5 Å². The van der Waals surface area contributed by atoms with E-state index in [-0.39, 0.29) is 0 Å². The van der Waals surface area contributed by atoms with Gasteiger partial charge < -0.3 is 10.2 Å². The minimum Gasteiger partial charge on any atom is -0.342 e. The Bertz CT molecular complexity index is 215. The van der Waals surface area contributed by atoms with Gasteiger partial charge in [0.1, 0.15) is 0 Å². The van der Waals surface area contributed by atoms with Crippen molar-refractivity contribution in [2.75, 3.05) is 19.6 Å². The molecule has 0 aliphatic rings. The first-order valence-corrected chi connectivity index (χ1v) is 7.34. The van der Waals surface area contributed by atoms with Crippen LogP contribution in [0, 0.1) is 11.8 Å². The molecule has 0 aromatic heterocycles. The number of amides is 1. The van der Waals surface area contributed by atoms with E-state index >= 15 is 0 Å². The third kappa shape index (κ3) is 9.46. The SMILES string of the molecule is CC(C)CN(CC(C)C)C(=O)CCCNC(C)C. The number of rotatable bonds is 9. The molecule has 3 heteroatoms. The summed E-state index contributed by atoms with van der Waals surface area (Å²) in [7, 11) is 0. The molecule has 3 nitrogen and oxygen atoms in total. The Morgan fingerprint density at radius 1 is 1.00 bits per heavy atom. The second-order valence-electron chi connectivity index (χ2n) is 6.30. The monoisotopic (exact) mass is 256 g/mol. The third-order valence-electron chi connectivity index (χ3n) is 2.64. The van der Waals surface area contributed by atoms with Crippen LogP contribution in [0.15, 0.2) is 0 Å². The second-order valence-corrected chi connectivity index (χ2v) is 6.30. The molecule has 1 N–H and O–H groups in total. The maximum absolute atomic E-state index is 12.2. The molecule has 0 saturated carbocycles. The molecule has 0 aromatic rings. The zero-order valence-corrected chi connectivity index (χ0v) is 13.1. The van der Waals surface area contributed by atoms with Gasteiger partial charge in [0.25, 0.3) is 0 Å². The highest BCUT2D eigenvalue weighted by Crippen LogP contribution is 2.07. The normalized spacial score (nSPS) is 11.6. The fourth-order valence-electron chi connectivity index (χ4n) is 1.95. The molecule has 0 aliphatic heterocycles. The number of hydrogen-bond donors (Lipinski definition) is 1. The van der Waals surface area contributed by atoms with Crippen LogP contribution in [0.25, 0.3) is 0 Å². The summed E-state index contributed by atoms with van der Waals surface area (Å²) in [6.07, 6.45) is 1.60. The van der Waals surface area contributed by atoms with Crippen LogP contribution < -0.4 is 5.32 Å². The van der Waals surface area contributed by atoms with E-state index in [0.29, 0.717) is 30.2 Å². The molecule has 0 saturated heterocycles. The standard InChI is InChI=1S/C15H32N2O/c1-12(2)10-17(11-13(3)4)15(18)8-7-9-16-14(5)6/h12-14,16H,7-11H2,1-6H3. The fourth-order valence-corrected chi connectivity index (χ4v) is 1.95. The Balaban J connectivity index is 4.04. The van der Waals surface area contributed by atoms with Gasteiger partial charge in [-0.15, -0.1) is 0 Å². The summed E-state index contributed by atoms with van der Waals surface area (Å²) in [5.74, 6) is 1.39. The molecule has 0 fully saturated rings. The average molecular weight is 256 g/mol. The summed E-state index contributed by atoms with van der Waals surface area (Å²) in [6.45, 7) is 15.6. The van der Waals surface area contributed by atoms with E-state index in [9.17, 15) is 4.79 Å². The molecule has 18 heavy (non-hydrogen) atoms. The highest BCUT2D eigenvalue weighted by Gasteiger charge is 2.15. The number of nitrogens with one attached hydrogen (secondary N) is 1. The Morgan fingerprint density at radius 3 is 1.89 bits per heavy atom. The summed E-state index contributed by atoms with van der Waals surface area (Å²) in [5.41, 5.74) is 0.